The zero-order valence-corrected chi connectivity index (χ0v) is 9.36. The third kappa shape index (κ3) is 2.62. The smallest absolute Gasteiger partial charge is 0.307 e. The Morgan fingerprint density at radius 3 is 2.82 bits per heavy atom. The van der Waals surface area contributed by atoms with Crippen LogP contribution in [0, 0.1) is 5.82 Å². The summed E-state index contributed by atoms with van der Waals surface area (Å²) >= 11 is 5.98. The predicted octanol–water partition coefficient (Wildman–Crippen LogP) is 2.29. The number of halogens is 2. The molecule has 0 aliphatic heterocycles. The van der Waals surface area contributed by atoms with E-state index in [0.717, 1.165) is 6.20 Å². The van der Waals surface area contributed by atoms with Crippen LogP contribution in [0.5, 0.6) is 0 Å². The normalized spacial score (nSPS) is 10.5. The summed E-state index contributed by atoms with van der Waals surface area (Å²) in [5.41, 5.74) is 1.09. The van der Waals surface area contributed by atoms with Gasteiger partial charge in [-0.3, -0.25) is 4.79 Å². The van der Waals surface area contributed by atoms with Gasteiger partial charge in [0.2, 0.25) is 0 Å². The van der Waals surface area contributed by atoms with Gasteiger partial charge in [-0.1, -0.05) is 17.7 Å². The van der Waals surface area contributed by atoms with Crippen LogP contribution in [0.3, 0.4) is 0 Å². The monoisotopic (exact) mass is 254 g/mol. The molecule has 0 fully saturated rings. The molecule has 0 atom stereocenters. The fourth-order valence-electron chi connectivity index (χ4n) is 1.45. The number of carboxylic acids is 1. The molecule has 17 heavy (non-hydrogen) atoms. The van der Waals surface area contributed by atoms with Gasteiger partial charge in [-0.15, -0.1) is 0 Å². The van der Waals surface area contributed by atoms with E-state index >= 15 is 0 Å². The Balaban J connectivity index is 2.34. The van der Waals surface area contributed by atoms with Gasteiger partial charge in [0.15, 0.2) is 5.82 Å². The van der Waals surface area contributed by atoms with Gasteiger partial charge in [-0.2, -0.15) is 5.10 Å². The Bertz CT molecular complexity index is 568. The second kappa shape index (κ2) is 4.55. The highest BCUT2D eigenvalue weighted by atomic mass is 35.5. The van der Waals surface area contributed by atoms with Crippen molar-refractivity contribution in [2.45, 2.75) is 6.42 Å². The first-order valence-corrected chi connectivity index (χ1v) is 5.15. The predicted molar refractivity (Wildman–Crippen MR) is 59.9 cm³/mol. The van der Waals surface area contributed by atoms with E-state index in [1.54, 1.807) is 12.1 Å². The van der Waals surface area contributed by atoms with Crippen molar-refractivity contribution in [2.24, 2.45) is 0 Å². The summed E-state index contributed by atoms with van der Waals surface area (Å²) in [7, 11) is 0. The molecular formula is C11H8ClFN2O2. The van der Waals surface area contributed by atoms with Crippen molar-refractivity contribution in [3.05, 3.63) is 47.0 Å². The summed E-state index contributed by atoms with van der Waals surface area (Å²) in [4.78, 5) is 10.5. The van der Waals surface area contributed by atoms with Gasteiger partial charge in [0.1, 0.15) is 0 Å². The summed E-state index contributed by atoms with van der Waals surface area (Å²) < 4.78 is 14.1. The van der Waals surface area contributed by atoms with Gasteiger partial charge in [-0.25, -0.2) is 9.07 Å². The van der Waals surface area contributed by atoms with Crippen LogP contribution >= 0.6 is 11.6 Å². The SMILES string of the molecule is O=C(O)Cc1ccc(-n2cc(F)cn2)c(Cl)c1. The first-order chi connectivity index (χ1) is 8.06. The minimum atomic E-state index is -0.932. The summed E-state index contributed by atoms with van der Waals surface area (Å²) in [6.07, 6.45) is 2.16. The highest BCUT2D eigenvalue weighted by molar-refractivity contribution is 6.32. The zero-order chi connectivity index (χ0) is 12.4. The highest BCUT2D eigenvalue weighted by Crippen LogP contribution is 2.21. The minimum Gasteiger partial charge on any atom is -0.481 e. The maximum atomic E-state index is 12.8. The van der Waals surface area contributed by atoms with Crippen LogP contribution in [0.1, 0.15) is 5.56 Å². The van der Waals surface area contributed by atoms with E-state index in [-0.39, 0.29) is 6.42 Å². The van der Waals surface area contributed by atoms with E-state index in [2.05, 4.69) is 5.10 Å². The van der Waals surface area contributed by atoms with Crippen LogP contribution in [0.2, 0.25) is 5.02 Å². The molecule has 6 heteroatoms. The van der Waals surface area contributed by atoms with E-state index < -0.39 is 11.8 Å². The number of nitrogens with zero attached hydrogens (tertiary/aromatic N) is 2. The molecule has 2 aromatic rings. The van der Waals surface area contributed by atoms with E-state index in [0.29, 0.717) is 16.3 Å². The molecule has 1 aromatic heterocycles. The fourth-order valence-corrected chi connectivity index (χ4v) is 1.74. The zero-order valence-electron chi connectivity index (χ0n) is 8.60. The van der Waals surface area contributed by atoms with Gasteiger partial charge >= 0.3 is 5.97 Å². The van der Waals surface area contributed by atoms with Crippen molar-refractivity contribution in [3.63, 3.8) is 0 Å². The summed E-state index contributed by atoms with van der Waals surface area (Å²) in [6.45, 7) is 0. The molecule has 0 bridgehead atoms. The Hall–Kier alpha value is -1.88. The number of rotatable bonds is 3. The van der Waals surface area contributed by atoms with Gasteiger partial charge in [0.25, 0.3) is 0 Å². The molecule has 0 saturated carbocycles. The third-order valence-electron chi connectivity index (χ3n) is 2.17. The Labute approximate surface area is 101 Å². The molecule has 0 aliphatic carbocycles. The van der Waals surface area contributed by atoms with Gasteiger partial charge in [0, 0.05) is 0 Å². The Morgan fingerprint density at radius 2 is 2.29 bits per heavy atom. The molecular weight excluding hydrogens is 247 g/mol. The number of benzene rings is 1. The topological polar surface area (TPSA) is 55.1 Å². The molecule has 0 aliphatic rings. The first kappa shape index (κ1) is 11.6. The van der Waals surface area contributed by atoms with Crippen LogP contribution in [0.4, 0.5) is 4.39 Å². The quantitative estimate of drug-likeness (QED) is 0.914. The van der Waals surface area contributed by atoms with Gasteiger partial charge in [-0.05, 0) is 17.7 Å². The lowest BCUT2D eigenvalue weighted by Crippen LogP contribution is -2.01. The molecule has 0 saturated heterocycles. The molecule has 0 unspecified atom stereocenters. The van der Waals surface area contributed by atoms with Crippen molar-refractivity contribution >= 4 is 17.6 Å². The number of carbonyl (C=O) groups is 1. The van der Waals surface area contributed by atoms with Crippen LogP contribution in [0.25, 0.3) is 5.69 Å². The lowest BCUT2D eigenvalue weighted by Gasteiger charge is -2.05. The molecule has 2 rings (SSSR count). The first-order valence-electron chi connectivity index (χ1n) is 4.77. The lowest BCUT2D eigenvalue weighted by atomic mass is 10.1. The maximum absolute atomic E-state index is 12.8. The van der Waals surface area contributed by atoms with Crippen molar-refractivity contribution in [2.75, 3.05) is 0 Å². The second-order valence-electron chi connectivity index (χ2n) is 3.46. The lowest BCUT2D eigenvalue weighted by molar-refractivity contribution is -0.136. The number of hydrogen-bond acceptors (Lipinski definition) is 2. The van der Waals surface area contributed by atoms with Crippen molar-refractivity contribution in [3.8, 4) is 5.69 Å². The molecule has 4 nitrogen and oxygen atoms in total. The van der Waals surface area contributed by atoms with Crippen molar-refractivity contribution < 1.29 is 14.3 Å². The number of hydrogen-bond donors (Lipinski definition) is 1. The fraction of sp³-hybridized carbons (Fsp3) is 0.0909. The molecule has 0 radical (unpaired) electrons. The molecule has 1 aromatic carbocycles. The Morgan fingerprint density at radius 1 is 1.53 bits per heavy atom. The average Bonchev–Trinajstić information content (AvgIpc) is 2.64. The van der Waals surface area contributed by atoms with E-state index in [9.17, 15) is 9.18 Å². The van der Waals surface area contributed by atoms with E-state index in [1.165, 1.54) is 16.9 Å². The van der Waals surface area contributed by atoms with Crippen molar-refractivity contribution in [1.82, 2.24) is 9.78 Å². The molecule has 1 N–H and O–H groups in total. The van der Waals surface area contributed by atoms with E-state index in [1.807, 2.05) is 0 Å². The highest BCUT2D eigenvalue weighted by Gasteiger charge is 2.08. The van der Waals surface area contributed by atoms with Crippen LogP contribution in [-0.2, 0) is 11.2 Å². The van der Waals surface area contributed by atoms with Crippen LogP contribution < -0.4 is 0 Å². The molecule has 0 spiro atoms. The van der Waals surface area contributed by atoms with Crippen molar-refractivity contribution in [1.29, 1.82) is 0 Å². The number of aromatic nitrogens is 2. The Kier molecular flexibility index (Phi) is 3.10. The standard InChI is InChI=1S/C11H8ClFN2O2/c12-9-3-7(4-11(16)17)1-2-10(9)15-6-8(13)5-14-15/h1-3,5-6H,4H2,(H,16,17). The van der Waals surface area contributed by atoms with Gasteiger partial charge < -0.3 is 5.11 Å². The minimum absolute atomic E-state index is 0.104. The summed E-state index contributed by atoms with van der Waals surface area (Å²) in [5.74, 6) is -1.39. The molecule has 88 valence electrons. The number of carboxylic acid groups (broad SMARTS) is 1. The summed E-state index contributed by atoms with van der Waals surface area (Å²) in [6, 6.07) is 4.76. The van der Waals surface area contributed by atoms with Gasteiger partial charge in [0.05, 0.1) is 29.5 Å². The maximum Gasteiger partial charge on any atom is 0.307 e. The van der Waals surface area contributed by atoms with Crippen LogP contribution in [0.15, 0.2) is 30.6 Å². The molecule has 1 heterocycles. The van der Waals surface area contributed by atoms with E-state index in [4.69, 9.17) is 16.7 Å². The largest absolute Gasteiger partial charge is 0.481 e. The second-order valence-corrected chi connectivity index (χ2v) is 3.87. The van der Waals surface area contributed by atoms with Crippen LogP contribution in [-0.4, -0.2) is 20.9 Å². The molecule has 0 amide bonds. The third-order valence-corrected chi connectivity index (χ3v) is 2.47. The average molecular weight is 255 g/mol. The number of aliphatic carboxylic acids is 1. The summed E-state index contributed by atoms with van der Waals surface area (Å²) in [5, 5.41) is 12.7.